The molecule has 2 aliphatic rings. The van der Waals surface area contributed by atoms with Crippen LogP contribution in [0.15, 0.2) is 48.1 Å². The van der Waals surface area contributed by atoms with E-state index < -0.39 is 22.3 Å². The van der Waals surface area contributed by atoms with Crippen LogP contribution in [-0.4, -0.2) is 56.4 Å². The minimum Gasteiger partial charge on any atom is -0.469 e. The second-order valence-corrected chi connectivity index (χ2v) is 7.14. The molecule has 1 aliphatic heterocycles. The van der Waals surface area contributed by atoms with Crippen molar-refractivity contribution in [3.8, 4) is 6.07 Å². The molecule has 1 heterocycles. The number of amides is 2. The molecular weight excluding hydrogens is 382 g/mol. The first-order chi connectivity index (χ1) is 13.4. The van der Waals surface area contributed by atoms with Gasteiger partial charge in [-0.25, -0.2) is 4.79 Å². The van der Waals surface area contributed by atoms with E-state index in [0.29, 0.717) is 29.9 Å². The molecule has 28 heavy (non-hydrogen) atoms. The summed E-state index contributed by atoms with van der Waals surface area (Å²) in [7, 11) is -1.29. The maximum Gasteiger partial charge on any atom is 0.325 e. The van der Waals surface area contributed by atoms with Crippen LogP contribution in [0.1, 0.15) is 12.0 Å². The van der Waals surface area contributed by atoms with Gasteiger partial charge in [0.25, 0.3) is 0 Å². The number of hydrogen-bond donors (Lipinski definition) is 0. The molecule has 1 saturated heterocycles. The standard InChI is InChI=1S/C19H17N3O5S/c1-27-18(23)11-14-4-7-16(17(10-14)28(25)26)22-9-8-21(19(22)24)15-5-2-13(12-20)3-6-15/h2-7,10,16H,8-9,11H2,1H3. The van der Waals surface area contributed by atoms with Gasteiger partial charge in [0, 0.05) is 18.8 Å². The van der Waals surface area contributed by atoms with Crippen molar-refractivity contribution >= 4 is 32.8 Å². The number of nitriles is 1. The van der Waals surface area contributed by atoms with Gasteiger partial charge in [-0.1, -0.05) is 12.2 Å². The quantitative estimate of drug-likeness (QED) is 0.557. The van der Waals surface area contributed by atoms with Gasteiger partial charge in [-0.3, -0.25) is 9.69 Å². The van der Waals surface area contributed by atoms with Crippen LogP contribution in [0.3, 0.4) is 0 Å². The largest absolute Gasteiger partial charge is 0.469 e. The summed E-state index contributed by atoms with van der Waals surface area (Å²) in [6.45, 7) is 0.737. The number of urea groups is 1. The minimum atomic E-state index is -2.55. The molecule has 0 radical (unpaired) electrons. The van der Waals surface area contributed by atoms with Crippen LogP contribution in [0.5, 0.6) is 0 Å². The van der Waals surface area contributed by atoms with E-state index in [4.69, 9.17) is 5.26 Å². The van der Waals surface area contributed by atoms with Gasteiger partial charge < -0.3 is 9.64 Å². The number of esters is 1. The van der Waals surface area contributed by atoms with Gasteiger partial charge in [0.2, 0.25) is 10.3 Å². The summed E-state index contributed by atoms with van der Waals surface area (Å²) >= 11 is 0. The van der Waals surface area contributed by atoms with Gasteiger partial charge in [0.05, 0.1) is 36.1 Å². The predicted molar refractivity (Wildman–Crippen MR) is 102 cm³/mol. The maximum absolute atomic E-state index is 12.9. The van der Waals surface area contributed by atoms with Crippen molar-refractivity contribution in [3.05, 3.63) is 53.6 Å². The number of hydrogen-bond acceptors (Lipinski definition) is 6. The molecular formula is C19H17N3O5S. The third kappa shape index (κ3) is 3.82. The highest BCUT2D eigenvalue weighted by atomic mass is 32.2. The van der Waals surface area contributed by atoms with Crippen molar-refractivity contribution < 1.29 is 22.7 Å². The van der Waals surface area contributed by atoms with Gasteiger partial charge in [-0.15, -0.1) is 0 Å². The van der Waals surface area contributed by atoms with Crippen molar-refractivity contribution in [1.82, 2.24) is 4.90 Å². The molecule has 2 amide bonds. The van der Waals surface area contributed by atoms with Crippen molar-refractivity contribution in [2.24, 2.45) is 0 Å². The fraction of sp³-hybridized carbons (Fsp3) is 0.263. The Bertz CT molecular complexity index is 1040. The molecule has 0 spiro atoms. The zero-order valence-electron chi connectivity index (χ0n) is 15.0. The summed E-state index contributed by atoms with van der Waals surface area (Å²) in [5, 5.41) is 8.89. The van der Waals surface area contributed by atoms with Crippen molar-refractivity contribution in [2.45, 2.75) is 12.5 Å². The summed E-state index contributed by atoms with van der Waals surface area (Å²) in [4.78, 5) is 27.3. The van der Waals surface area contributed by atoms with Crippen LogP contribution in [0, 0.1) is 11.3 Å². The van der Waals surface area contributed by atoms with Gasteiger partial charge >= 0.3 is 12.0 Å². The molecule has 1 aromatic rings. The van der Waals surface area contributed by atoms with E-state index in [1.165, 1.54) is 23.0 Å². The minimum absolute atomic E-state index is 0.0245. The Morgan fingerprint density at radius 3 is 2.61 bits per heavy atom. The Labute approximate surface area is 163 Å². The monoisotopic (exact) mass is 399 g/mol. The second-order valence-electron chi connectivity index (χ2n) is 6.20. The molecule has 9 heteroatoms. The van der Waals surface area contributed by atoms with Gasteiger partial charge in [0.1, 0.15) is 0 Å². The third-order valence-corrected chi connectivity index (χ3v) is 5.31. The van der Waals surface area contributed by atoms with Crippen LogP contribution < -0.4 is 4.90 Å². The van der Waals surface area contributed by atoms with Crippen molar-refractivity contribution in [1.29, 1.82) is 5.26 Å². The molecule has 0 aromatic heterocycles. The van der Waals surface area contributed by atoms with Gasteiger partial charge in [-0.2, -0.15) is 13.7 Å². The van der Waals surface area contributed by atoms with E-state index in [1.54, 1.807) is 36.4 Å². The molecule has 1 atom stereocenters. The average Bonchev–Trinajstić information content (AvgIpc) is 3.09. The maximum atomic E-state index is 12.9. The fourth-order valence-corrected chi connectivity index (χ4v) is 3.80. The van der Waals surface area contributed by atoms with E-state index in [0.717, 1.165) is 0 Å². The van der Waals surface area contributed by atoms with E-state index in [9.17, 15) is 18.0 Å². The first-order valence-corrected chi connectivity index (χ1v) is 9.52. The third-order valence-electron chi connectivity index (χ3n) is 4.57. The highest BCUT2D eigenvalue weighted by molar-refractivity contribution is 7.73. The van der Waals surface area contributed by atoms with Crippen LogP contribution in [0.2, 0.25) is 0 Å². The Balaban J connectivity index is 1.83. The average molecular weight is 399 g/mol. The number of allylic oxidation sites excluding steroid dienone is 1. The van der Waals surface area contributed by atoms with Gasteiger partial charge in [-0.05, 0) is 35.9 Å². The summed E-state index contributed by atoms with van der Waals surface area (Å²) in [6.07, 6.45) is 4.59. The Hall–Kier alpha value is -3.38. The molecule has 1 unspecified atom stereocenters. The molecule has 1 fully saturated rings. The number of anilines is 1. The molecule has 3 rings (SSSR count). The summed E-state index contributed by atoms with van der Waals surface area (Å²) in [5.74, 6) is -0.477. The number of carbonyl (C=O) groups excluding carboxylic acids is 2. The lowest BCUT2D eigenvalue weighted by Crippen LogP contribution is -2.43. The predicted octanol–water partition coefficient (Wildman–Crippen LogP) is 1.28. The number of benzene rings is 1. The summed E-state index contributed by atoms with van der Waals surface area (Å²) < 4.78 is 28.1. The summed E-state index contributed by atoms with van der Waals surface area (Å²) in [5.41, 5.74) is 1.62. The Kier molecular flexibility index (Phi) is 5.61. The van der Waals surface area contributed by atoms with Crippen LogP contribution in [0.4, 0.5) is 10.5 Å². The summed E-state index contributed by atoms with van der Waals surface area (Å²) in [6, 6.07) is 7.56. The Morgan fingerprint density at radius 1 is 1.29 bits per heavy atom. The SMILES string of the molecule is COC(=O)CC1=CC(=S(=O)=O)C(N2CCN(c3ccc(C#N)cc3)C2=O)C=C1. The first kappa shape index (κ1) is 19.4. The van der Waals surface area contributed by atoms with E-state index in [2.05, 4.69) is 4.74 Å². The number of methoxy groups -OCH3 is 1. The molecule has 0 N–H and O–H groups in total. The fourth-order valence-electron chi connectivity index (χ4n) is 3.15. The molecule has 0 bridgehead atoms. The number of nitrogens with zero attached hydrogens (tertiary/aromatic N) is 3. The van der Waals surface area contributed by atoms with Gasteiger partial charge in [0.15, 0.2) is 0 Å². The number of carbonyl (C=O) groups is 2. The second kappa shape index (κ2) is 8.10. The normalized spacial score (nSPS) is 18.7. The van der Waals surface area contributed by atoms with E-state index >= 15 is 0 Å². The van der Waals surface area contributed by atoms with Crippen molar-refractivity contribution in [3.63, 3.8) is 0 Å². The molecule has 1 aromatic carbocycles. The number of ether oxygens (including phenoxy) is 1. The topological polar surface area (TPSA) is 108 Å². The zero-order valence-corrected chi connectivity index (χ0v) is 15.8. The van der Waals surface area contributed by atoms with Crippen LogP contribution in [0.25, 0.3) is 0 Å². The smallest absolute Gasteiger partial charge is 0.325 e. The lowest BCUT2D eigenvalue weighted by molar-refractivity contribution is -0.139. The van der Waals surface area contributed by atoms with E-state index in [-0.39, 0.29) is 17.3 Å². The van der Waals surface area contributed by atoms with Crippen LogP contribution >= 0.6 is 0 Å². The number of rotatable bonds is 4. The molecule has 8 nitrogen and oxygen atoms in total. The molecule has 144 valence electrons. The van der Waals surface area contributed by atoms with Crippen molar-refractivity contribution in [2.75, 3.05) is 25.1 Å². The molecule has 0 saturated carbocycles. The zero-order chi connectivity index (χ0) is 20.3. The van der Waals surface area contributed by atoms with E-state index in [1.807, 2.05) is 6.07 Å². The highest BCUT2D eigenvalue weighted by Crippen LogP contribution is 2.25. The molecule has 1 aliphatic carbocycles. The Morgan fingerprint density at radius 2 is 2.00 bits per heavy atom. The lowest BCUT2D eigenvalue weighted by Gasteiger charge is -2.27. The highest BCUT2D eigenvalue weighted by Gasteiger charge is 2.36. The first-order valence-electron chi connectivity index (χ1n) is 8.44. The lowest BCUT2D eigenvalue weighted by atomic mass is 9.99. The van der Waals surface area contributed by atoms with Crippen LogP contribution in [-0.2, 0) is 19.8 Å².